The lowest BCUT2D eigenvalue weighted by Crippen LogP contribution is -2.33. The Labute approximate surface area is 216 Å². The zero-order valence-corrected chi connectivity index (χ0v) is 21.4. The monoisotopic (exact) mass is 551 g/mol. The predicted molar refractivity (Wildman–Crippen MR) is 127 cm³/mol. The number of primary amides is 1. The summed E-state index contributed by atoms with van der Waals surface area (Å²) in [5.74, 6) is -1.63. The molecule has 5 rings (SSSR count). The molecule has 0 radical (unpaired) electrons. The number of nitrogens with zero attached hydrogens (tertiary/aromatic N) is 3. The molecular formula is C22H26N5O10P. The molecule has 0 spiro atoms. The summed E-state index contributed by atoms with van der Waals surface area (Å²) < 4.78 is 54.0. The van der Waals surface area contributed by atoms with Gasteiger partial charge in [0.2, 0.25) is 5.82 Å². The lowest BCUT2D eigenvalue weighted by Gasteiger charge is -2.27. The van der Waals surface area contributed by atoms with Crippen LogP contribution in [0.25, 0.3) is 0 Å². The molecule has 2 aromatic rings. The van der Waals surface area contributed by atoms with Crippen LogP contribution in [0.2, 0.25) is 0 Å². The van der Waals surface area contributed by atoms with E-state index < -0.39 is 50.2 Å². The van der Waals surface area contributed by atoms with Gasteiger partial charge >= 0.3 is 13.9 Å². The SMILES string of the molecule is C=CCOC(=O)Nc1ccc2c(c1)COP(=O)(OC[C@H]1O[C@@H](n3cnc(C(N)=O)n3)[C@@H]3OC(C)(C)O[C@@H]31)O2. The Morgan fingerprint density at radius 2 is 2.13 bits per heavy atom. The standard InChI is InChI=1S/C22H26N5O10P/c1-4-7-31-21(29)25-13-5-6-14-12(8-13)9-32-38(30,37-14)33-10-15-16-17(36-22(2,3)35-16)20(34-15)27-11-24-19(26-27)18(23)28/h4-6,8,11,15-17,20H,1,7,9-10H2,2-3H3,(H2,23,28)(H,25,29)/t15-,16-,17-,20-,38?/m1/s1. The van der Waals surface area contributed by atoms with Gasteiger partial charge in [0, 0.05) is 11.3 Å². The molecule has 16 heteroatoms. The second-order valence-electron chi connectivity index (χ2n) is 8.98. The molecule has 1 unspecified atom stereocenters. The Bertz CT molecular complexity index is 1300. The van der Waals surface area contributed by atoms with E-state index in [-0.39, 0.29) is 31.4 Å². The first-order valence-electron chi connectivity index (χ1n) is 11.5. The smallest absolute Gasteiger partial charge is 0.445 e. The average Bonchev–Trinajstić information content (AvgIpc) is 3.55. The largest absolute Gasteiger partial charge is 0.530 e. The highest BCUT2D eigenvalue weighted by molar-refractivity contribution is 7.49. The predicted octanol–water partition coefficient (Wildman–Crippen LogP) is 2.26. The lowest BCUT2D eigenvalue weighted by molar-refractivity contribution is -0.201. The number of phosphoric ester groups is 1. The molecule has 4 heterocycles. The molecule has 3 N–H and O–H groups in total. The average molecular weight is 551 g/mol. The Hall–Kier alpha value is -3.33. The van der Waals surface area contributed by atoms with Gasteiger partial charge in [0.1, 0.15) is 37.0 Å². The van der Waals surface area contributed by atoms with Crippen LogP contribution in [0.5, 0.6) is 5.75 Å². The van der Waals surface area contributed by atoms with Crippen LogP contribution in [0, 0.1) is 0 Å². The van der Waals surface area contributed by atoms with Crippen LogP contribution in [0.1, 0.15) is 36.3 Å². The maximum absolute atomic E-state index is 13.2. The lowest BCUT2D eigenvalue weighted by atomic mass is 10.1. The van der Waals surface area contributed by atoms with Gasteiger partial charge in [0.15, 0.2) is 12.0 Å². The number of carbonyl (C=O) groups is 2. The molecule has 5 atom stereocenters. The molecular weight excluding hydrogens is 525 g/mol. The summed E-state index contributed by atoms with van der Waals surface area (Å²) in [5.41, 5.74) is 6.23. The van der Waals surface area contributed by atoms with Crippen LogP contribution in [-0.4, -0.2) is 64.1 Å². The van der Waals surface area contributed by atoms with Crippen molar-refractivity contribution < 1.29 is 46.7 Å². The number of phosphoric acid groups is 1. The minimum atomic E-state index is -4.02. The molecule has 2 saturated heterocycles. The zero-order chi connectivity index (χ0) is 27.1. The number of benzene rings is 1. The van der Waals surface area contributed by atoms with E-state index in [1.165, 1.54) is 23.2 Å². The number of hydrogen-bond donors (Lipinski definition) is 2. The van der Waals surface area contributed by atoms with Crippen LogP contribution in [0.4, 0.5) is 10.5 Å². The van der Waals surface area contributed by atoms with Crippen LogP contribution < -0.4 is 15.6 Å². The van der Waals surface area contributed by atoms with Gasteiger partial charge in [-0.1, -0.05) is 12.7 Å². The van der Waals surface area contributed by atoms with Gasteiger partial charge < -0.3 is 29.2 Å². The summed E-state index contributed by atoms with van der Waals surface area (Å²) in [7, 11) is -4.02. The summed E-state index contributed by atoms with van der Waals surface area (Å²) in [6.07, 6.45) is -0.703. The summed E-state index contributed by atoms with van der Waals surface area (Å²) in [6.45, 7) is 6.71. The third-order valence-electron chi connectivity index (χ3n) is 5.74. The second-order valence-corrected chi connectivity index (χ2v) is 10.6. The van der Waals surface area contributed by atoms with E-state index in [9.17, 15) is 14.2 Å². The van der Waals surface area contributed by atoms with Crippen molar-refractivity contribution in [3.05, 3.63) is 48.6 Å². The number of ether oxygens (including phenoxy) is 4. The van der Waals surface area contributed by atoms with Gasteiger partial charge in [0.05, 0.1) is 13.2 Å². The molecule has 204 valence electrons. The van der Waals surface area contributed by atoms with Crippen molar-refractivity contribution in [2.45, 2.75) is 50.8 Å². The molecule has 2 amide bonds. The van der Waals surface area contributed by atoms with Gasteiger partial charge in [-0.2, -0.15) is 0 Å². The molecule has 1 aromatic carbocycles. The van der Waals surface area contributed by atoms with E-state index in [4.69, 9.17) is 38.3 Å². The number of aromatic nitrogens is 3. The fourth-order valence-corrected chi connectivity index (χ4v) is 5.41. The molecule has 0 bridgehead atoms. The summed E-state index contributed by atoms with van der Waals surface area (Å²) in [4.78, 5) is 27.0. The molecule has 0 saturated carbocycles. The van der Waals surface area contributed by atoms with Crippen LogP contribution in [-0.2, 0) is 39.2 Å². The molecule has 38 heavy (non-hydrogen) atoms. The number of fused-ring (bicyclic) bond motifs is 2. The van der Waals surface area contributed by atoms with E-state index in [1.54, 1.807) is 26.0 Å². The number of nitrogens with two attached hydrogens (primary N) is 1. The molecule has 2 fully saturated rings. The number of nitrogens with one attached hydrogen (secondary N) is 1. The molecule has 3 aliphatic rings. The van der Waals surface area contributed by atoms with Gasteiger partial charge in [-0.15, -0.1) is 5.10 Å². The van der Waals surface area contributed by atoms with Crippen molar-refractivity contribution in [1.29, 1.82) is 0 Å². The Morgan fingerprint density at radius 1 is 1.34 bits per heavy atom. The first-order valence-corrected chi connectivity index (χ1v) is 13.0. The highest BCUT2D eigenvalue weighted by atomic mass is 31.2. The first kappa shape index (κ1) is 26.3. The molecule has 3 aliphatic heterocycles. The van der Waals surface area contributed by atoms with E-state index in [1.807, 2.05) is 0 Å². The van der Waals surface area contributed by atoms with E-state index in [0.29, 0.717) is 11.3 Å². The normalized spacial score (nSPS) is 29.1. The fourth-order valence-electron chi connectivity index (χ4n) is 4.19. The Kier molecular flexibility index (Phi) is 6.98. The molecule has 15 nitrogen and oxygen atoms in total. The highest BCUT2D eigenvalue weighted by Crippen LogP contribution is 2.55. The van der Waals surface area contributed by atoms with E-state index in [0.717, 1.165) is 0 Å². The minimum Gasteiger partial charge on any atom is -0.445 e. The minimum absolute atomic E-state index is 0.0679. The van der Waals surface area contributed by atoms with Crippen molar-refractivity contribution in [3.8, 4) is 5.75 Å². The number of rotatable bonds is 8. The second kappa shape index (κ2) is 10.1. The molecule has 1 aromatic heterocycles. The van der Waals surface area contributed by atoms with Gasteiger partial charge in [-0.3, -0.25) is 19.2 Å². The number of anilines is 1. The Morgan fingerprint density at radius 3 is 2.87 bits per heavy atom. The number of amides is 2. The molecule has 0 aliphatic carbocycles. The van der Waals surface area contributed by atoms with Crippen molar-refractivity contribution in [2.75, 3.05) is 18.5 Å². The number of carbonyl (C=O) groups excluding carboxylic acids is 2. The summed E-state index contributed by atoms with van der Waals surface area (Å²) in [6, 6.07) is 4.70. The summed E-state index contributed by atoms with van der Waals surface area (Å²) >= 11 is 0. The third kappa shape index (κ3) is 5.43. The van der Waals surface area contributed by atoms with Crippen molar-refractivity contribution in [3.63, 3.8) is 0 Å². The topological polar surface area (TPSA) is 185 Å². The highest BCUT2D eigenvalue weighted by Gasteiger charge is 2.57. The summed E-state index contributed by atoms with van der Waals surface area (Å²) in [5, 5.41) is 6.61. The van der Waals surface area contributed by atoms with Crippen LogP contribution in [0.3, 0.4) is 0 Å². The quantitative estimate of drug-likeness (QED) is 0.361. The van der Waals surface area contributed by atoms with Crippen LogP contribution >= 0.6 is 7.82 Å². The van der Waals surface area contributed by atoms with Crippen molar-refractivity contribution in [2.24, 2.45) is 5.73 Å². The van der Waals surface area contributed by atoms with Crippen molar-refractivity contribution >= 4 is 25.5 Å². The van der Waals surface area contributed by atoms with Gasteiger partial charge in [-0.05, 0) is 32.0 Å². The number of hydrogen-bond acceptors (Lipinski definition) is 12. The third-order valence-corrected chi connectivity index (χ3v) is 7.07. The zero-order valence-electron chi connectivity index (χ0n) is 20.5. The fraction of sp³-hybridized carbons (Fsp3) is 0.455. The maximum atomic E-state index is 13.2. The van der Waals surface area contributed by atoms with E-state index >= 15 is 0 Å². The van der Waals surface area contributed by atoms with Gasteiger partial charge in [-0.25, -0.2) is 19.0 Å². The maximum Gasteiger partial charge on any atom is 0.530 e. The van der Waals surface area contributed by atoms with Crippen molar-refractivity contribution in [1.82, 2.24) is 14.8 Å². The first-order chi connectivity index (χ1) is 18.1. The van der Waals surface area contributed by atoms with E-state index in [2.05, 4.69) is 22.0 Å². The van der Waals surface area contributed by atoms with Crippen LogP contribution in [0.15, 0.2) is 37.2 Å². The van der Waals surface area contributed by atoms with Gasteiger partial charge in [0.25, 0.3) is 5.91 Å². The Balaban J connectivity index is 1.24.